The second-order valence-electron chi connectivity index (χ2n) is 9.47. The van der Waals surface area contributed by atoms with Gasteiger partial charge < -0.3 is 0 Å². The van der Waals surface area contributed by atoms with Crippen LogP contribution in [0.3, 0.4) is 0 Å². The van der Waals surface area contributed by atoms with E-state index in [4.69, 9.17) is 0 Å². The smallest absolute Gasteiger partial charge is 0.00637 e. The number of hydrogen-bond acceptors (Lipinski definition) is 0. The topological polar surface area (TPSA) is 0 Å². The molecular weight excluding hydrogens is 396 g/mol. The molecule has 0 saturated carbocycles. The van der Waals surface area contributed by atoms with Crippen molar-refractivity contribution in [1.29, 1.82) is 0 Å². The summed E-state index contributed by atoms with van der Waals surface area (Å²) in [7, 11) is 0. The van der Waals surface area contributed by atoms with E-state index in [-0.39, 0.29) is 0 Å². The molecular formula is C33H28. The Labute approximate surface area is 196 Å². The summed E-state index contributed by atoms with van der Waals surface area (Å²) in [5.41, 5.74) is 14.0. The number of rotatable bonds is 4. The highest BCUT2D eigenvalue weighted by atomic mass is 14.4. The summed E-state index contributed by atoms with van der Waals surface area (Å²) in [5.74, 6) is 0.923. The summed E-state index contributed by atoms with van der Waals surface area (Å²) >= 11 is 0. The third-order valence-corrected chi connectivity index (χ3v) is 7.51. The van der Waals surface area contributed by atoms with Crippen LogP contribution < -0.4 is 0 Å². The molecule has 0 spiro atoms. The molecule has 2 atom stereocenters. The van der Waals surface area contributed by atoms with Crippen molar-refractivity contribution < 1.29 is 0 Å². The van der Waals surface area contributed by atoms with Crippen LogP contribution in [-0.4, -0.2) is 0 Å². The molecule has 2 aliphatic carbocycles. The molecule has 0 heterocycles. The first-order valence-corrected chi connectivity index (χ1v) is 11.9. The van der Waals surface area contributed by atoms with E-state index < -0.39 is 0 Å². The van der Waals surface area contributed by atoms with E-state index in [2.05, 4.69) is 123 Å². The molecule has 0 N–H and O–H groups in total. The summed E-state index contributed by atoms with van der Waals surface area (Å²) in [4.78, 5) is 0. The van der Waals surface area contributed by atoms with E-state index in [1.807, 2.05) is 0 Å². The first-order chi connectivity index (χ1) is 16.2. The van der Waals surface area contributed by atoms with Crippen LogP contribution in [0.2, 0.25) is 0 Å². The minimum Gasteiger partial charge on any atom is -0.0651 e. The molecule has 0 bridgehead atoms. The monoisotopic (exact) mass is 424 g/mol. The van der Waals surface area contributed by atoms with Crippen LogP contribution in [0.15, 0.2) is 108 Å². The maximum Gasteiger partial charge on any atom is 0.00637 e. The van der Waals surface area contributed by atoms with Gasteiger partial charge in [-0.2, -0.15) is 0 Å². The van der Waals surface area contributed by atoms with Crippen LogP contribution in [0.5, 0.6) is 0 Å². The molecule has 0 heteroatoms. The molecule has 4 aromatic carbocycles. The lowest BCUT2D eigenvalue weighted by Crippen LogP contribution is -2.06. The van der Waals surface area contributed by atoms with E-state index in [1.165, 1.54) is 55.7 Å². The van der Waals surface area contributed by atoms with Gasteiger partial charge in [-0.3, -0.25) is 0 Å². The molecule has 0 aliphatic heterocycles. The Morgan fingerprint density at radius 1 is 0.485 bits per heavy atom. The Hall–Kier alpha value is -3.64. The first-order valence-electron chi connectivity index (χ1n) is 11.9. The van der Waals surface area contributed by atoms with Crippen molar-refractivity contribution in [1.82, 2.24) is 0 Å². The zero-order valence-corrected chi connectivity index (χ0v) is 19.3. The van der Waals surface area contributed by atoms with E-state index in [9.17, 15) is 0 Å². The predicted octanol–water partition coefficient (Wildman–Crippen LogP) is 9.11. The normalized spacial score (nSPS) is 18.5. The molecule has 0 nitrogen and oxygen atoms in total. The minimum absolute atomic E-state index is 0.461. The molecule has 0 fully saturated rings. The highest BCUT2D eigenvalue weighted by Crippen LogP contribution is 2.50. The number of benzene rings is 4. The maximum absolute atomic E-state index is 2.43. The predicted molar refractivity (Wildman–Crippen MR) is 141 cm³/mol. The van der Waals surface area contributed by atoms with Crippen molar-refractivity contribution in [2.75, 3.05) is 0 Å². The van der Waals surface area contributed by atoms with Gasteiger partial charge in [-0.15, -0.1) is 0 Å². The fourth-order valence-electron chi connectivity index (χ4n) is 5.84. The van der Waals surface area contributed by atoms with Gasteiger partial charge in [0.05, 0.1) is 0 Å². The highest BCUT2D eigenvalue weighted by Gasteiger charge is 2.32. The van der Waals surface area contributed by atoms with E-state index in [0.29, 0.717) is 11.8 Å². The second-order valence-corrected chi connectivity index (χ2v) is 9.47. The molecule has 33 heavy (non-hydrogen) atoms. The van der Waals surface area contributed by atoms with Crippen LogP contribution in [-0.2, 0) is 0 Å². The van der Waals surface area contributed by atoms with Crippen molar-refractivity contribution in [2.45, 2.75) is 32.1 Å². The summed E-state index contributed by atoms with van der Waals surface area (Å²) in [5, 5.41) is 0. The van der Waals surface area contributed by atoms with Gasteiger partial charge in [0.25, 0.3) is 0 Å². The van der Waals surface area contributed by atoms with Gasteiger partial charge in [-0.05, 0) is 64.8 Å². The van der Waals surface area contributed by atoms with Crippen molar-refractivity contribution in [2.24, 2.45) is 0 Å². The summed E-state index contributed by atoms with van der Waals surface area (Å²) < 4.78 is 0. The van der Waals surface area contributed by atoms with Gasteiger partial charge in [0, 0.05) is 11.8 Å². The Morgan fingerprint density at radius 2 is 0.909 bits per heavy atom. The third kappa shape index (κ3) is 3.38. The minimum atomic E-state index is 0.461. The average Bonchev–Trinajstić information content (AvgIpc) is 3.36. The lowest BCUT2D eigenvalue weighted by molar-refractivity contribution is 0.643. The van der Waals surface area contributed by atoms with Gasteiger partial charge >= 0.3 is 0 Å². The maximum atomic E-state index is 2.43. The van der Waals surface area contributed by atoms with Crippen molar-refractivity contribution >= 4 is 12.2 Å². The number of allylic oxidation sites excluding steroid dienone is 2. The first kappa shape index (κ1) is 20.0. The molecule has 0 aromatic heterocycles. The number of hydrogen-bond donors (Lipinski definition) is 0. The molecule has 0 saturated heterocycles. The summed E-state index contributed by atoms with van der Waals surface area (Å²) in [6, 6.07) is 35.3. The van der Waals surface area contributed by atoms with Gasteiger partial charge in [0.1, 0.15) is 0 Å². The second kappa shape index (κ2) is 8.05. The molecule has 4 aromatic rings. The van der Waals surface area contributed by atoms with Gasteiger partial charge in [0.15, 0.2) is 0 Å². The van der Waals surface area contributed by atoms with Crippen LogP contribution in [0, 0.1) is 0 Å². The molecule has 0 radical (unpaired) electrons. The van der Waals surface area contributed by atoms with Crippen LogP contribution in [0.25, 0.3) is 34.4 Å². The van der Waals surface area contributed by atoms with Gasteiger partial charge in [-0.25, -0.2) is 0 Å². The SMILES string of the molecule is CC1=Cc2c(-c3ccccc3)cccc2C1CC1C(C)=Cc2c(-c3ccccc3)cccc21. The third-order valence-electron chi connectivity index (χ3n) is 7.51. The lowest BCUT2D eigenvalue weighted by Gasteiger charge is -2.22. The Morgan fingerprint density at radius 3 is 1.33 bits per heavy atom. The standard InChI is InChI=1S/C33H28/c1-22-19-32-26(24-11-5-3-6-12-24)15-9-17-28(32)30(22)21-31-23(2)20-33-27(16-10-18-29(31)33)25-13-7-4-8-14-25/h3-20,30-31H,21H2,1-2H3. The van der Waals surface area contributed by atoms with E-state index in [0.717, 1.165) is 6.42 Å². The van der Waals surface area contributed by atoms with Gasteiger partial charge in [-0.1, -0.05) is 120 Å². The van der Waals surface area contributed by atoms with Crippen LogP contribution in [0.4, 0.5) is 0 Å². The average molecular weight is 425 g/mol. The van der Waals surface area contributed by atoms with Crippen LogP contribution >= 0.6 is 0 Å². The van der Waals surface area contributed by atoms with Crippen molar-refractivity contribution in [3.05, 3.63) is 130 Å². The van der Waals surface area contributed by atoms with Crippen molar-refractivity contribution in [3.8, 4) is 22.3 Å². The number of fused-ring (bicyclic) bond motifs is 2. The molecule has 0 amide bonds. The quantitative estimate of drug-likeness (QED) is 0.306. The fourth-order valence-corrected chi connectivity index (χ4v) is 5.84. The zero-order valence-electron chi connectivity index (χ0n) is 19.3. The molecule has 160 valence electrons. The van der Waals surface area contributed by atoms with Gasteiger partial charge in [0.2, 0.25) is 0 Å². The van der Waals surface area contributed by atoms with E-state index in [1.54, 1.807) is 0 Å². The Balaban J connectivity index is 1.37. The fraction of sp³-hybridized carbons (Fsp3) is 0.152. The molecule has 2 aliphatic rings. The summed E-state index contributed by atoms with van der Waals surface area (Å²) in [6.45, 7) is 4.63. The zero-order chi connectivity index (χ0) is 22.4. The lowest BCUT2D eigenvalue weighted by atomic mass is 9.81. The molecule has 2 unspecified atom stereocenters. The van der Waals surface area contributed by atoms with Crippen molar-refractivity contribution in [3.63, 3.8) is 0 Å². The Kier molecular flexibility index (Phi) is 4.88. The van der Waals surface area contributed by atoms with Crippen LogP contribution in [0.1, 0.15) is 54.4 Å². The highest BCUT2D eigenvalue weighted by molar-refractivity contribution is 5.83. The largest absolute Gasteiger partial charge is 0.0651 e. The Bertz CT molecular complexity index is 1280. The summed E-state index contributed by atoms with van der Waals surface area (Å²) in [6.07, 6.45) is 5.98. The van der Waals surface area contributed by atoms with E-state index >= 15 is 0 Å². The molecule has 6 rings (SSSR count).